The first-order chi connectivity index (χ1) is 7.77. The van der Waals surface area contributed by atoms with Gasteiger partial charge in [-0.15, -0.1) is 11.3 Å². The zero-order valence-electron chi connectivity index (χ0n) is 9.47. The van der Waals surface area contributed by atoms with Gasteiger partial charge in [0.15, 0.2) is 0 Å². The Morgan fingerprint density at radius 1 is 1.44 bits per heavy atom. The third-order valence-corrected chi connectivity index (χ3v) is 3.73. The Morgan fingerprint density at radius 2 is 2.31 bits per heavy atom. The van der Waals surface area contributed by atoms with Crippen LogP contribution in [0.4, 0.5) is 0 Å². The molecule has 2 aromatic rings. The van der Waals surface area contributed by atoms with Gasteiger partial charge in [0.25, 0.3) is 0 Å². The molecule has 3 nitrogen and oxygen atoms in total. The molecule has 2 rings (SSSR count). The average Bonchev–Trinajstić information content (AvgIpc) is 2.74. The topological polar surface area (TPSA) is 37.8 Å². The van der Waals surface area contributed by atoms with E-state index in [1.807, 2.05) is 6.07 Å². The molecule has 1 N–H and O–H groups in total. The van der Waals surface area contributed by atoms with E-state index in [-0.39, 0.29) is 0 Å². The summed E-state index contributed by atoms with van der Waals surface area (Å²) in [5.74, 6) is 0. The van der Waals surface area contributed by atoms with Gasteiger partial charge in [-0.05, 0) is 36.9 Å². The van der Waals surface area contributed by atoms with Crippen LogP contribution in [0.15, 0.2) is 30.0 Å². The fourth-order valence-corrected chi connectivity index (χ4v) is 2.56. The van der Waals surface area contributed by atoms with E-state index in [4.69, 9.17) is 0 Å². The fraction of sp³-hybridized carbons (Fsp3) is 0.333. The van der Waals surface area contributed by atoms with Gasteiger partial charge in [-0.3, -0.25) is 0 Å². The molecule has 0 aliphatic heterocycles. The smallest absolute Gasteiger partial charge is 0.115 e. The molecular formula is C12H15N3S. The summed E-state index contributed by atoms with van der Waals surface area (Å²) in [6.45, 7) is 5.11. The van der Waals surface area contributed by atoms with Gasteiger partial charge < -0.3 is 5.32 Å². The molecule has 1 unspecified atom stereocenters. The quantitative estimate of drug-likeness (QED) is 0.882. The Morgan fingerprint density at radius 3 is 2.94 bits per heavy atom. The van der Waals surface area contributed by atoms with Crippen molar-refractivity contribution in [2.45, 2.75) is 26.4 Å². The Bertz CT molecular complexity index is 439. The molecule has 0 aliphatic carbocycles. The van der Waals surface area contributed by atoms with Crippen LogP contribution >= 0.6 is 11.3 Å². The molecule has 1 atom stereocenters. The number of hydrogen-bond donors (Lipinski definition) is 1. The molecular weight excluding hydrogens is 218 g/mol. The predicted molar refractivity (Wildman–Crippen MR) is 66.3 cm³/mol. The first-order valence-electron chi connectivity index (χ1n) is 5.29. The number of nitrogens with one attached hydrogen (secondary N) is 1. The maximum atomic E-state index is 4.18. The number of aromatic nitrogens is 2. The molecule has 0 radical (unpaired) electrons. The van der Waals surface area contributed by atoms with Crippen molar-refractivity contribution < 1.29 is 0 Å². The summed E-state index contributed by atoms with van der Waals surface area (Å²) in [4.78, 5) is 9.48. The molecule has 0 fully saturated rings. The van der Waals surface area contributed by atoms with Crippen LogP contribution in [0.3, 0.4) is 0 Å². The highest BCUT2D eigenvalue weighted by molar-refractivity contribution is 7.10. The lowest BCUT2D eigenvalue weighted by Crippen LogP contribution is -2.18. The highest BCUT2D eigenvalue weighted by atomic mass is 32.1. The maximum absolute atomic E-state index is 4.18. The van der Waals surface area contributed by atoms with E-state index in [0.717, 1.165) is 12.2 Å². The summed E-state index contributed by atoms with van der Waals surface area (Å²) in [6, 6.07) is 4.46. The lowest BCUT2D eigenvalue weighted by atomic mass is 10.2. The molecule has 2 heterocycles. The standard InChI is InChI=1S/C12H15N3S/c1-9-4-6-16-12(9)10(2)14-7-11-3-5-13-8-15-11/h3-6,8,10,14H,7H2,1-2H3. The zero-order chi connectivity index (χ0) is 11.4. The van der Waals surface area contributed by atoms with Crippen LogP contribution in [0.5, 0.6) is 0 Å². The molecule has 2 aromatic heterocycles. The highest BCUT2D eigenvalue weighted by Crippen LogP contribution is 2.23. The van der Waals surface area contributed by atoms with Crippen molar-refractivity contribution in [1.29, 1.82) is 0 Å². The van der Waals surface area contributed by atoms with Gasteiger partial charge in [-0.1, -0.05) is 0 Å². The van der Waals surface area contributed by atoms with Crippen molar-refractivity contribution >= 4 is 11.3 Å². The third kappa shape index (κ3) is 2.65. The van der Waals surface area contributed by atoms with Gasteiger partial charge >= 0.3 is 0 Å². The SMILES string of the molecule is Cc1ccsc1C(C)NCc1ccncn1. The Kier molecular flexibility index (Phi) is 3.64. The summed E-state index contributed by atoms with van der Waals surface area (Å²) >= 11 is 1.80. The van der Waals surface area contributed by atoms with Crippen molar-refractivity contribution in [3.8, 4) is 0 Å². The van der Waals surface area contributed by atoms with E-state index in [9.17, 15) is 0 Å². The molecule has 0 saturated heterocycles. The molecule has 0 saturated carbocycles. The molecule has 0 spiro atoms. The molecule has 0 amide bonds. The summed E-state index contributed by atoms with van der Waals surface area (Å²) in [6.07, 6.45) is 3.35. The summed E-state index contributed by atoms with van der Waals surface area (Å²) < 4.78 is 0. The van der Waals surface area contributed by atoms with Crippen molar-refractivity contribution in [2.24, 2.45) is 0 Å². The van der Waals surface area contributed by atoms with Crippen LogP contribution in [-0.2, 0) is 6.54 Å². The normalized spacial score (nSPS) is 12.6. The Labute approximate surface area is 99.6 Å². The van der Waals surface area contributed by atoms with E-state index in [2.05, 4.69) is 40.6 Å². The van der Waals surface area contributed by atoms with Crippen molar-refractivity contribution in [3.63, 3.8) is 0 Å². The van der Waals surface area contributed by atoms with Crippen molar-refractivity contribution in [3.05, 3.63) is 46.2 Å². The average molecular weight is 233 g/mol. The molecule has 0 aromatic carbocycles. The van der Waals surface area contributed by atoms with Crippen molar-refractivity contribution in [1.82, 2.24) is 15.3 Å². The van der Waals surface area contributed by atoms with Gasteiger partial charge in [0.05, 0.1) is 5.69 Å². The van der Waals surface area contributed by atoms with E-state index < -0.39 is 0 Å². The molecule has 4 heteroatoms. The monoisotopic (exact) mass is 233 g/mol. The van der Waals surface area contributed by atoms with Crippen LogP contribution in [0.2, 0.25) is 0 Å². The fourth-order valence-electron chi connectivity index (χ4n) is 1.60. The Balaban J connectivity index is 1.94. The van der Waals surface area contributed by atoms with E-state index >= 15 is 0 Å². The largest absolute Gasteiger partial charge is 0.304 e. The lowest BCUT2D eigenvalue weighted by Gasteiger charge is -2.12. The molecule has 16 heavy (non-hydrogen) atoms. The van der Waals surface area contributed by atoms with E-state index in [1.165, 1.54) is 10.4 Å². The summed E-state index contributed by atoms with van der Waals surface area (Å²) in [5, 5.41) is 5.59. The minimum absolute atomic E-state index is 0.370. The van der Waals surface area contributed by atoms with Gasteiger partial charge in [-0.25, -0.2) is 9.97 Å². The molecule has 0 bridgehead atoms. The second-order valence-electron chi connectivity index (χ2n) is 3.77. The summed E-state index contributed by atoms with van der Waals surface area (Å²) in [5.41, 5.74) is 2.38. The summed E-state index contributed by atoms with van der Waals surface area (Å²) in [7, 11) is 0. The van der Waals surface area contributed by atoms with Gasteiger partial charge in [0.2, 0.25) is 0 Å². The van der Waals surface area contributed by atoms with Crippen LogP contribution in [0, 0.1) is 6.92 Å². The van der Waals surface area contributed by atoms with E-state index in [0.29, 0.717) is 6.04 Å². The van der Waals surface area contributed by atoms with Gasteiger partial charge in [-0.2, -0.15) is 0 Å². The second kappa shape index (κ2) is 5.18. The van der Waals surface area contributed by atoms with Gasteiger partial charge in [0, 0.05) is 23.7 Å². The number of aryl methyl sites for hydroxylation is 1. The zero-order valence-corrected chi connectivity index (χ0v) is 10.3. The van der Waals surface area contributed by atoms with Crippen molar-refractivity contribution in [2.75, 3.05) is 0 Å². The minimum Gasteiger partial charge on any atom is -0.304 e. The van der Waals surface area contributed by atoms with Crippen LogP contribution in [0.1, 0.15) is 29.1 Å². The molecule has 84 valence electrons. The van der Waals surface area contributed by atoms with Crippen LogP contribution in [-0.4, -0.2) is 9.97 Å². The maximum Gasteiger partial charge on any atom is 0.115 e. The third-order valence-electron chi connectivity index (χ3n) is 2.53. The number of thiophene rings is 1. The Hall–Kier alpha value is -1.26. The minimum atomic E-state index is 0.370. The first kappa shape index (κ1) is 11.2. The predicted octanol–water partition coefficient (Wildman–Crippen LogP) is 2.70. The van der Waals surface area contributed by atoms with Crippen LogP contribution < -0.4 is 5.32 Å². The number of hydrogen-bond acceptors (Lipinski definition) is 4. The first-order valence-corrected chi connectivity index (χ1v) is 6.17. The number of rotatable bonds is 4. The highest BCUT2D eigenvalue weighted by Gasteiger charge is 2.08. The van der Waals surface area contributed by atoms with E-state index in [1.54, 1.807) is 23.9 Å². The molecule has 0 aliphatic rings. The lowest BCUT2D eigenvalue weighted by molar-refractivity contribution is 0.573. The number of nitrogens with zero attached hydrogens (tertiary/aromatic N) is 2. The second-order valence-corrected chi connectivity index (χ2v) is 4.72. The van der Waals surface area contributed by atoms with Crippen LogP contribution in [0.25, 0.3) is 0 Å². The van der Waals surface area contributed by atoms with Gasteiger partial charge in [0.1, 0.15) is 6.33 Å².